The summed E-state index contributed by atoms with van der Waals surface area (Å²) in [5.41, 5.74) is 0.879. The second kappa shape index (κ2) is 6.82. The molecule has 0 saturated heterocycles. The zero-order valence-electron chi connectivity index (χ0n) is 12.1. The van der Waals surface area contributed by atoms with Crippen molar-refractivity contribution in [3.8, 4) is 11.5 Å². The summed E-state index contributed by atoms with van der Waals surface area (Å²) in [7, 11) is -1.03. The molecule has 0 bridgehead atoms. The average molecular weight is 401 g/mol. The largest absolute Gasteiger partial charge is 0.361 e. The molecule has 2 aromatic heterocycles. The number of imidazole rings is 1. The van der Waals surface area contributed by atoms with Crippen molar-refractivity contribution in [3.63, 3.8) is 0 Å². The number of ether oxygens (including phenoxy) is 1. The van der Waals surface area contributed by atoms with Gasteiger partial charge in [-0.25, -0.2) is 4.98 Å². The molecular weight excluding hydrogens is 381 g/mol. The van der Waals surface area contributed by atoms with Gasteiger partial charge in [-0.15, -0.1) is 0 Å². The number of hydrogen-bond donors (Lipinski definition) is 0. The fourth-order valence-corrected chi connectivity index (χ4v) is 3.04. The molecule has 0 aromatic carbocycles. The van der Waals surface area contributed by atoms with E-state index in [4.69, 9.17) is 4.74 Å². The molecule has 0 radical (unpaired) electrons. The Labute approximate surface area is 134 Å². The summed E-state index contributed by atoms with van der Waals surface area (Å²) in [5, 5.41) is 0. The molecular formula is C14H20IN3OSi. The molecule has 2 aromatic rings. The van der Waals surface area contributed by atoms with Gasteiger partial charge in [-0.3, -0.25) is 4.98 Å². The maximum absolute atomic E-state index is 5.80. The quantitative estimate of drug-likeness (QED) is 0.419. The van der Waals surface area contributed by atoms with Gasteiger partial charge >= 0.3 is 0 Å². The number of halogens is 1. The fourth-order valence-electron chi connectivity index (χ4n) is 1.72. The lowest BCUT2D eigenvalue weighted by Crippen LogP contribution is -2.22. The summed E-state index contributed by atoms with van der Waals surface area (Å²) in [6.07, 6.45) is 3.78. The van der Waals surface area contributed by atoms with Crippen LogP contribution in [0.4, 0.5) is 0 Å². The van der Waals surface area contributed by atoms with Crippen LogP contribution >= 0.6 is 22.6 Å². The SMILES string of the molecule is C[Si](C)(C)CCOCn1cc(I)nc1-c1ccccn1. The molecule has 0 atom stereocenters. The third-order valence-corrected chi connectivity index (χ3v) is 5.09. The highest BCUT2D eigenvalue weighted by Gasteiger charge is 2.13. The van der Waals surface area contributed by atoms with Gasteiger partial charge in [-0.05, 0) is 40.8 Å². The van der Waals surface area contributed by atoms with E-state index >= 15 is 0 Å². The molecule has 20 heavy (non-hydrogen) atoms. The molecule has 0 N–H and O–H groups in total. The van der Waals surface area contributed by atoms with E-state index in [-0.39, 0.29) is 0 Å². The Balaban J connectivity index is 2.02. The van der Waals surface area contributed by atoms with Gasteiger partial charge in [0.15, 0.2) is 5.82 Å². The summed E-state index contributed by atoms with van der Waals surface area (Å²) in [6.45, 7) is 8.42. The van der Waals surface area contributed by atoms with Crippen LogP contribution in [0, 0.1) is 3.70 Å². The first-order valence-electron chi connectivity index (χ1n) is 6.67. The van der Waals surface area contributed by atoms with Gasteiger partial charge in [0, 0.05) is 27.1 Å². The fraction of sp³-hybridized carbons (Fsp3) is 0.429. The van der Waals surface area contributed by atoms with E-state index in [1.54, 1.807) is 6.20 Å². The van der Waals surface area contributed by atoms with E-state index in [9.17, 15) is 0 Å². The monoisotopic (exact) mass is 401 g/mol. The molecule has 108 valence electrons. The first kappa shape index (κ1) is 15.7. The minimum Gasteiger partial charge on any atom is -0.361 e. The third-order valence-electron chi connectivity index (χ3n) is 2.87. The van der Waals surface area contributed by atoms with Crippen molar-refractivity contribution in [2.24, 2.45) is 0 Å². The number of rotatable bonds is 6. The Morgan fingerprint density at radius 1 is 1.30 bits per heavy atom. The lowest BCUT2D eigenvalue weighted by Gasteiger charge is -2.16. The van der Waals surface area contributed by atoms with Crippen molar-refractivity contribution in [1.29, 1.82) is 0 Å². The van der Waals surface area contributed by atoms with E-state index in [1.807, 2.05) is 29.0 Å². The predicted octanol–water partition coefficient (Wildman–Crippen LogP) is 3.86. The van der Waals surface area contributed by atoms with Crippen molar-refractivity contribution in [1.82, 2.24) is 14.5 Å². The number of hydrogen-bond acceptors (Lipinski definition) is 3. The predicted molar refractivity (Wildman–Crippen MR) is 92.3 cm³/mol. The van der Waals surface area contributed by atoms with Crippen LogP contribution in [0.1, 0.15) is 0 Å². The first-order chi connectivity index (χ1) is 9.46. The molecule has 0 saturated carbocycles. The van der Waals surface area contributed by atoms with Gasteiger partial charge in [0.05, 0.1) is 0 Å². The summed E-state index contributed by atoms with van der Waals surface area (Å²) < 4.78 is 8.78. The normalized spacial score (nSPS) is 11.8. The molecule has 0 aliphatic carbocycles. The van der Waals surface area contributed by atoms with Crippen LogP contribution in [0.5, 0.6) is 0 Å². The zero-order valence-corrected chi connectivity index (χ0v) is 15.3. The molecule has 0 fully saturated rings. The highest BCUT2D eigenvalue weighted by atomic mass is 127. The zero-order chi connectivity index (χ0) is 14.6. The topological polar surface area (TPSA) is 39.9 Å². The Kier molecular flexibility index (Phi) is 5.33. The number of pyridine rings is 1. The van der Waals surface area contributed by atoms with Crippen LogP contribution in [0.2, 0.25) is 25.7 Å². The molecule has 0 spiro atoms. The molecule has 0 aliphatic heterocycles. The molecule has 2 rings (SSSR count). The first-order valence-corrected chi connectivity index (χ1v) is 11.5. The smallest absolute Gasteiger partial charge is 0.161 e. The van der Waals surface area contributed by atoms with Crippen LogP contribution in [0.25, 0.3) is 11.5 Å². The third kappa shape index (κ3) is 4.67. The minimum atomic E-state index is -1.03. The highest BCUT2D eigenvalue weighted by Crippen LogP contribution is 2.18. The van der Waals surface area contributed by atoms with Gasteiger partial charge < -0.3 is 9.30 Å². The summed E-state index contributed by atoms with van der Waals surface area (Å²) in [5.74, 6) is 0.864. The Hall–Kier alpha value is -0.733. The van der Waals surface area contributed by atoms with Crippen molar-refractivity contribution in [2.45, 2.75) is 32.4 Å². The van der Waals surface area contributed by atoms with E-state index in [0.717, 1.165) is 21.8 Å². The average Bonchev–Trinajstić information content (AvgIpc) is 2.76. The number of aromatic nitrogens is 3. The van der Waals surface area contributed by atoms with E-state index in [2.05, 4.69) is 52.2 Å². The Bertz CT molecular complexity index is 551. The summed E-state index contributed by atoms with van der Waals surface area (Å²) in [6, 6.07) is 7.03. The van der Waals surface area contributed by atoms with Gasteiger partial charge in [0.1, 0.15) is 16.1 Å². The second-order valence-corrected chi connectivity index (χ2v) is 12.6. The van der Waals surface area contributed by atoms with E-state index < -0.39 is 8.07 Å². The van der Waals surface area contributed by atoms with Gasteiger partial charge in [-0.1, -0.05) is 25.7 Å². The molecule has 0 amide bonds. The minimum absolute atomic E-state index is 0.534. The standard InChI is InChI=1S/C14H20IN3OSi/c1-20(2,3)9-8-19-11-18-10-13(15)17-14(18)12-6-4-5-7-16-12/h4-7,10H,8-9,11H2,1-3H3. The van der Waals surface area contributed by atoms with Crippen molar-refractivity contribution < 1.29 is 4.74 Å². The van der Waals surface area contributed by atoms with Gasteiger partial charge in [0.25, 0.3) is 0 Å². The second-order valence-electron chi connectivity index (χ2n) is 5.92. The van der Waals surface area contributed by atoms with Crippen molar-refractivity contribution >= 4 is 30.7 Å². The summed E-state index contributed by atoms with van der Waals surface area (Å²) in [4.78, 5) is 8.88. The van der Waals surface area contributed by atoms with Crippen LogP contribution in [0.15, 0.2) is 30.6 Å². The number of nitrogens with zero attached hydrogens (tertiary/aromatic N) is 3. The van der Waals surface area contributed by atoms with Crippen LogP contribution < -0.4 is 0 Å². The van der Waals surface area contributed by atoms with E-state index in [1.165, 1.54) is 6.04 Å². The van der Waals surface area contributed by atoms with Crippen molar-refractivity contribution in [2.75, 3.05) is 6.61 Å². The molecule has 6 heteroatoms. The van der Waals surface area contributed by atoms with Crippen LogP contribution in [0.3, 0.4) is 0 Å². The molecule has 0 unspecified atom stereocenters. The highest BCUT2D eigenvalue weighted by molar-refractivity contribution is 14.1. The van der Waals surface area contributed by atoms with E-state index in [0.29, 0.717) is 6.73 Å². The maximum Gasteiger partial charge on any atom is 0.161 e. The molecule has 4 nitrogen and oxygen atoms in total. The molecule has 2 heterocycles. The maximum atomic E-state index is 5.80. The van der Waals surface area contributed by atoms with Gasteiger partial charge in [0.2, 0.25) is 0 Å². The molecule has 0 aliphatic rings. The Morgan fingerprint density at radius 2 is 2.10 bits per heavy atom. The van der Waals surface area contributed by atoms with Crippen molar-refractivity contribution in [3.05, 3.63) is 34.3 Å². The summed E-state index contributed by atoms with van der Waals surface area (Å²) >= 11 is 2.22. The lowest BCUT2D eigenvalue weighted by molar-refractivity contribution is 0.0882. The van der Waals surface area contributed by atoms with Crippen LogP contribution in [-0.4, -0.2) is 29.2 Å². The van der Waals surface area contributed by atoms with Crippen LogP contribution in [-0.2, 0) is 11.5 Å². The Morgan fingerprint density at radius 3 is 2.75 bits per heavy atom. The lowest BCUT2D eigenvalue weighted by atomic mass is 10.3. The van der Waals surface area contributed by atoms with Gasteiger partial charge in [-0.2, -0.15) is 0 Å².